The predicted molar refractivity (Wildman–Crippen MR) is 92.0 cm³/mol. The lowest BCUT2D eigenvalue weighted by molar-refractivity contribution is -0.125. The number of carbonyl (C=O) groups excluding carboxylic acids is 1. The monoisotopic (exact) mass is 346 g/mol. The molecule has 6 heteroatoms. The van der Waals surface area contributed by atoms with Gasteiger partial charge < -0.3 is 10.2 Å². The van der Waals surface area contributed by atoms with Crippen molar-refractivity contribution in [2.75, 3.05) is 5.32 Å². The van der Waals surface area contributed by atoms with Crippen molar-refractivity contribution in [2.24, 2.45) is 5.16 Å². The Morgan fingerprint density at radius 1 is 1.29 bits per heavy atom. The average Bonchev–Trinajstić information content (AvgIpc) is 2.95. The second-order valence-corrected chi connectivity index (χ2v) is 6.21. The van der Waals surface area contributed by atoms with Crippen LogP contribution >= 0.6 is 11.6 Å². The lowest BCUT2D eigenvalue weighted by Crippen LogP contribution is -2.28. The van der Waals surface area contributed by atoms with Gasteiger partial charge in [0.2, 0.25) is 6.10 Å². The number of nitrogens with zero attached hydrogens (tertiary/aromatic N) is 1. The normalized spacial score (nSPS) is 16.5. The van der Waals surface area contributed by atoms with Crippen LogP contribution in [0.2, 0.25) is 5.02 Å². The molecule has 0 saturated heterocycles. The van der Waals surface area contributed by atoms with E-state index < -0.39 is 11.9 Å². The number of oxime groups is 1. The third kappa shape index (κ3) is 3.41. The number of benzene rings is 2. The summed E-state index contributed by atoms with van der Waals surface area (Å²) < 4.78 is 13.9. The maximum Gasteiger partial charge on any atom is 0.268 e. The van der Waals surface area contributed by atoms with E-state index in [0.29, 0.717) is 11.4 Å². The van der Waals surface area contributed by atoms with Crippen LogP contribution in [0.5, 0.6) is 0 Å². The van der Waals surface area contributed by atoms with E-state index in [-0.39, 0.29) is 22.9 Å². The van der Waals surface area contributed by atoms with Gasteiger partial charge in [-0.05, 0) is 49.2 Å². The first kappa shape index (κ1) is 16.5. The first-order valence-electron chi connectivity index (χ1n) is 7.50. The highest BCUT2D eigenvalue weighted by Gasteiger charge is 2.31. The Balaban J connectivity index is 1.71. The second-order valence-electron chi connectivity index (χ2n) is 5.80. The molecule has 0 saturated carbocycles. The van der Waals surface area contributed by atoms with Crippen LogP contribution in [0.15, 0.2) is 41.6 Å². The summed E-state index contributed by atoms with van der Waals surface area (Å²) in [5, 5.41) is 6.88. The molecule has 124 valence electrons. The largest absolute Gasteiger partial charge is 0.382 e. The zero-order valence-corrected chi connectivity index (χ0v) is 14.0. The molecule has 0 bridgehead atoms. The molecule has 1 unspecified atom stereocenters. The zero-order valence-electron chi connectivity index (χ0n) is 13.3. The van der Waals surface area contributed by atoms with Gasteiger partial charge in [0.1, 0.15) is 5.82 Å². The van der Waals surface area contributed by atoms with Crippen molar-refractivity contribution in [1.29, 1.82) is 0 Å². The van der Waals surface area contributed by atoms with E-state index in [9.17, 15) is 9.18 Å². The van der Waals surface area contributed by atoms with Crippen molar-refractivity contribution in [3.8, 4) is 0 Å². The molecule has 4 nitrogen and oxygen atoms in total. The van der Waals surface area contributed by atoms with Crippen LogP contribution in [-0.4, -0.2) is 17.7 Å². The number of carbonyl (C=O) groups is 1. The van der Waals surface area contributed by atoms with Crippen molar-refractivity contribution in [2.45, 2.75) is 26.4 Å². The van der Waals surface area contributed by atoms with Crippen molar-refractivity contribution in [3.05, 3.63) is 63.9 Å². The molecule has 0 radical (unpaired) electrons. The molecule has 1 atom stereocenters. The fourth-order valence-corrected chi connectivity index (χ4v) is 2.98. The molecule has 2 aromatic carbocycles. The van der Waals surface area contributed by atoms with Gasteiger partial charge in [0.05, 0.1) is 16.3 Å². The van der Waals surface area contributed by atoms with Gasteiger partial charge in [-0.25, -0.2) is 4.39 Å². The van der Waals surface area contributed by atoms with Gasteiger partial charge >= 0.3 is 0 Å². The minimum Gasteiger partial charge on any atom is -0.382 e. The van der Waals surface area contributed by atoms with Gasteiger partial charge in [0.15, 0.2) is 0 Å². The van der Waals surface area contributed by atoms with Crippen molar-refractivity contribution in [1.82, 2.24) is 0 Å². The summed E-state index contributed by atoms with van der Waals surface area (Å²) >= 11 is 6.02. The van der Waals surface area contributed by atoms with Crippen LogP contribution in [0.25, 0.3) is 0 Å². The number of amides is 1. The van der Waals surface area contributed by atoms with Gasteiger partial charge in [-0.2, -0.15) is 0 Å². The van der Waals surface area contributed by atoms with Crippen LogP contribution < -0.4 is 5.32 Å². The molecule has 1 N–H and O–H groups in total. The van der Waals surface area contributed by atoms with Crippen LogP contribution in [0.1, 0.15) is 23.1 Å². The molecule has 0 fully saturated rings. The maximum absolute atomic E-state index is 13.9. The first-order chi connectivity index (χ1) is 11.4. The number of anilines is 1. The molecule has 2 aromatic rings. The summed E-state index contributed by atoms with van der Waals surface area (Å²) in [6.45, 7) is 3.91. The van der Waals surface area contributed by atoms with E-state index in [1.165, 1.54) is 12.1 Å². The van der Waals surface area contributed by atoms with Crippen LogP contribution in [-0.2, 0) is 9.63 Å². The van der Waals surface area contributed by atoms with Gasteiger partial charge in [0, 0.05) is 12.1 Å². The number of halogens is 2. The predicted octanol–water partition coefficient (Wildman–Crippen LogP) is 4.23. The Kier molecular flexibility index (Phi) is 4.53. The van der Waals surface area contributed by atoms with E-state index in [0.717, 1.165) is 11.1 Å². The lowest BCUT2D eigenvalue weighted by atomic mass is 10.0. The van der Waals surface area contributed by atoms with E-state index in [2.05, 4.69) is 10.5 Å². The molecule has 1 aliphatic rings. The van der Waals surface area contributed by atoms with Crippen LogP contribution in [0, 0.1) is 19.7 Å². The second kappa shape index (κ2) is 6.61. The minimum atomic E-state index is -0.809. The molecule has 1 amide bonds. The highest BCUT2D eigenvalue weighted by molar-refractivity contribution is 6.34. The van der Waals surface area contributed by atoms with Gasteiger partial charge in [-0.3, -0.25) is 4.79 Å². The Bertz CT molecular complexity index is 795. The van der Waals surface area contributed by atoms with Crippen LogP contribution in [0.3, 0.4) is 0 Å². The minimum absolute atomic E-state index is 0.164. The molecule has 1 aliphatic heterocycles. The van der Waals surface area contributed by atoms with Crippen molar-refractivity contribution < 1.29 is 14.0 Å². The average molecular weight is 347 g/mol. The SMILES string of the molecule is Cc1cc(C)cc(NC(=O)C2CC(c3c(F)cccc3Cl)=NO2)c1. The van der Waals surface area contributed by atoms with E-state index in [4.69, 9.17) is 16.4 Å². The van der Waals surface area contributed by atoms with Gasteiger partial charge in [-0.15, -0.1) is 0 Å². The Morgan fingerprint density at radius 3 is 2.67 bits per heavy atom. The van der Waals surface area contributed by atoms with Gasteiger partial charge in [-0.1, -0.05) is 28.9 Å². The summed E-state index contributed by atoms with van der Waals surface area (Å²) in [5.74, 6) is -0.813. The smallest absolute Gasteiger partial charge is 0.268 e. The highest BCUT2D eigenvalue weighted by Crippen LogP contribution is 2.26. The first-order valence-corrected chi connectivity index (χ1v) is 7.88. The quantitative estimate of drug-likeness (QED) is 0.904. The van der Waals surface area contributed by atoms with Gasteiger partial charge in [0.25, 0.3) is 5.91 Å². The number of aryl methyl sites for hydroxylation is 2. The Labute approximate surface area is 144 Å². The number of hydrogen-bond donors (Lipinski definition) is 1. The van der Waals surface area contributed by atoms with E-state index >= 15 is 0 Å². The molecule has 3 rings (SSSR count). The fourth-order valence-electron chi connectivity index (χ4n) is 2.71. The highest BCUT2D eigenvalue weighted by atomic mass is 35.5. The fraction of sp³-hybridized carbons (Fsp3) is 0.222. The zero-order chi connectivity index (χ0) is 17.3. The summed E-state index contributed by atoms with van der Waals surface area (Å²) in [6.07, 6.45) is -0.645. The third-order valence-electron chi connectivity index (χ3n) is 3.70. The number of nitrogens with one attached hydrogen (secondary N) is 1. The van der Waals surface area contributed by atoms with Crippen molar-refractivity contribution >= 4 is 28.9 Å². The third-order valence-corrected chi connectivity index (χ3v) is 4.02. The molecule has 24 heavy (non-hydrogen) atoms. The maximum atomic E-state index is 13.9. The summed E-state index contributed by atoms with van der Waals surface area (Å²) in [6, 6.07) is 10.1. The number of hydrogen-bond acceptors (Lipinski definition) is 3. The number of rotatable bonds is 3. The topological polar surface area (TPSA) is 50.7 Å². The molecule has 0 aliphatic carbocycles. The molecular weight excluding hydrogens is 331 g/mol. The van der Waals surface area contributed by atoms with E-state index in [1.807, 2.05) is 32.0 Å². The summed E-state index contributed by atoms with van der Waals surface area (Å²) in [5.41, 5.74) is 3.30. The summed E-state index contributed by atoms with van der Waals surface area (Å²) in [7, 11) is 0. The lowest BCUT2D eigenvalue weighted by Gasteiger charge is -2.11. The van der Waals surface area contributed by atoms with Crippen molar-refractivity contribution in [3.63, 3.8) is 0 Å². The standard InChI is InChI=1S/C18H16ClFN2O2/c1-10-6-11(2)8-12(7-10)21-18(23)16-9-15(22-24-16)17-13(19)4-3-5-14(17)20/h3-8,16H,9H2,1-2H3,(H,21,23). The van der Waals surface area contributed by atoms with E-state index in [1.54, 1.807) is 6.07 Å². The molecule has 1 heterocycles. The summed E-state index contributed by atoms with van der Waals surface area (Å²) in [4.78, 5) is 17.5. The molecular formula is C18H16ClFN2O2. The molecule has 0 spiro atoms. The molecule has 0 aromatic heterocycles. The van der Waals surface area contributed by atoms with Crippen LogP contribution in [0.4, 0.5) is 10.1 Å². The Hall–Kier alpha value is -2.40. The Morgan fingerprint density at radius 2 is 2.00 bits per heavy atom.